The third-order valence-corrected chi connectivity index (χ3v) is 2.27. The molecule has 0 saturated carbocycles. The molecule has 0 atom stereocenters. The second kappa shape index (κ2) is 5.34. The number of rotatable bonds is 4. The van der Waals surface area contributed by atoms with E-state index in [4.69, 9.17) is 0 Å². The Kier molecular flexibility index (Phi) is 4.09. The maximum absolute atomic E-state index is 11.3. The highest BCUT2D eigenvalue weighted by Crippen LogP contribution is 2.14. The van der Waals surface area contributed by atoms with Crippen molar-refractivity contribution >= 4 is 11.7 Å². The number of carbonyl (C=O) groups excluding carboxylic acids is 1. The van der Waals surface area contributed by atoms with Gasteiger partial charge in [0.25, 0.3) is 0 Å². The molecule has 0 spiro atoms. The minimum atomic E-state index is -0.350. The van der Waals surface area contributed by atoms with Crippen molar-refractivity contribution in [2.75, 3.05) is 25.1 Å². The first kappa shape index (κ1) is 11.5. The van der Waals surface area contributed by atoms with Gasteiger partial charge in [0.05, 0.1) is 24.6 Å². The molecule has 0 aromatic carbocycles. The predicted molar refractivity (Wildman–Crippen MR) is 59.1 cm³/mol. The molecular weight excluding hydrogens is 192 g/mol. The Morgan fingerprint density at radius 3 is 2.60 bits per heavy atom. The average molecular weight is 208 g/mol. The molecule has 0 bridgehead atoms. The van der Waals surface area contributed by atoms with Crippen LogP contribution in [0.15, 0.2) is 18.5 Å². The first-order chi connectivity index (χ1) is 7.22. The molecule has 1 rings (SSSR count). The van der Waals surface area contributed by atoms with E-state index in [1.807, 2.05) is 0 Å². The van der Waals surface area contributed by atoms with Crippen LogP contribution in [-0.2, 0) is 4.74 Å². The molecule has 4 nitrogen and oxygen atoms in total. The van der Waals surface area contributed by atoms with Gasteiger partial charge >= 0.3 is 5.97 Å². The number of hydrogen-bond donors (Lipinski definition) is 0. The van der Waals surface area contributed by atoms with Gasteiger partial charge < -0.3 is 9.64 Å². The summed E-state index contributed by atoms with van der Waals surface area (Å²) in [7, 11) is 1.37. The molecule has 0 N–H and O–H groups in total. The highest BCUT2D eigenvalue weighted by molar-refractivity contribution is 5.89. The third-order valence-electron chi connectivity index (χ3n) is 2.27. The Hall–Kier alpha value is -1.58. The van der Waals surface area contributed by atoms with Crippen molar-refractivity contribution in [1.82, 2.24) is 4.98 Å². The highest BCUT2D eigenvalue weighted by atomic mass is 16.5. The number of ether oxygens (including phenoxy) is 1. The van der Waals surface area contributed by atoms with E-state index in [2.05, 4.69) is 28.5 Å². The zero-order chi connectivity index (χ0) is 11.3. The molecule has 0 amide bonds. The number of hydrogen-bond acceptors (Lipinski definition) is 4. The largest absolute Gasteiger partial charge is 0.465 e. The molecule has 0 fully saturated rings. The number of carbonyl (C=O) groups is 1. The van der Waals surface area contributed by atoms with Gasteiger partial charge in [-0.05, 0) is 19.9 Å². The third kappa shape index (κ3) is 2.68. The Labute approximate surface area is 89.9 Å². The van der Waals surface area contributed by atoms with Gasteiger partial charge in [-0.2, -0.15) is 0 Å². The van der Waals surface area contributed by atoms with Gasteiger partial charge in [-0.1, -0.05) is 0 Å². The van der Waals surface area contributed by atoms with Crippen LogP contribution in [0.1, 0.15) is 24.2 Å². The smallest absolute Gasteiger partial charge is 0.339 e. The van der Waals surface area contributed by atoms with Crippen LogP contribution < -0.4 is 4.90 Å². The van der Waals surface area contributed by atoms with Crippen LogP contribution in [0.2, 0.25) is 0 Å². The van der Waals surface area contributed by atoms with E-state index in [0.29, 0.717) is 5.56 Å². The molecule has 0 aliphatic heterocycles. The number of nitrogens with zero attached hydrogens (tertiary/aromatic N) is 2. The molecule has 1 aromatic rings. The molecule has 15 heavy (non-hydrogen) atoms. The van der Waals surface area contributed by atoms with Crippen molar-refractivity contribution in [3.05, 3.63) is 24.0 Å². The van der Waals surface area contributed by atoms with E-state index in [-0.39, 0.29) is 5.97 Å². The predicted octanol–water partition coefficient (Wildman–Crippen LogP) is 1.71. The summed E-state index contributed by atoms with van der Waals surface area (Å²) >= 11 is 0. The summed E-state index contributed by atoms with van der Waals surface area (Å²) in [5, 5.41) is 0. The lowest BCUT2D eigenvalue weighted by Gasteiger charge is -2.20. The van der Waals surface area contributed by atoms with Gasteiger partial charge in [0.1, 0.15) is 0 Å². The van der Waals surface area contributed by atoms with E-state index in [0.717, 1.165) is 18.8 Å². The maximum atomic E-state index is 11.3. The molecule has 0 unspecified atom stereocenters. The Morgan fingerprint density at radius 2 is 2.07 bits per heavy atom. The summed E-state index contributed by atoms with van der Waals surface area (Å²) in [5.74, 6) is -0.350. The second-order valence-corrected chi connectivity index (χ2v) is 3.10. The summed E-state index contributed by atoms with van der Waals surface area (Å²) < 4.78 is 4.64. The Balaban J connectivity index is 2.96. The molecule has 0 radical (unpaired) electrons. The lowest BCUT2D eigenvalue weighted by molar-refractivity contribution is 0.0600. The van der Waals surface area contributed by atoms with Crippen LogP contribution in [0.25, 0.3) is 0 Å². The Morgan fingerprint density at radius 1 is 1.40 bits per heavy atom. The van der Waals surface area contributed by atoms with Crippen molar-refractivity contribution in [2.24, 2.45) is 0 Å². The van der Waals surface area contributed by atoms with Crippen molar-refractivity contribution in [1.29, 1.82) is 0 Å². The topological polar surface area (TPSA) is 42.4 Å². The van der Waals surface area contributed by atoms with Crippen molar-refractivity contribution in [3.63, 3.8) is 0 Å². The molecule has 0 aliphatic rings. The molecule has 1 aromatic heterocycles. The summed E-state index contributed by atoms with van der Waals surface area (Å²) in [6.45, 7) is 5.91. The van der Waals surface area contributed by atoms with Gasteiger partial charge in [0.15, 0.2) is 0 Å². The van der Waals surface area contributed by atoms with Crippen LogP contribution >= 0.6 is 0 Å². The fourth-order valence-electron chi connectivity index (χ4n) is 1.42. The second-order valence-electron chi connectivity index (χ2n) is 3.10. The molecule has 4 heteroatoms. The number of esters is 1. The number of anilines is 1. The fraction of sp³-hybridized carbons (Fsp3) is 0.455. The summed E-state index contributed by atoms with van der Waals surface area (Å²) in [4.78, 5) is 17.4. The molecular formula is C11H16N2O2. The van der Waals surface area contributed by atoms with Gasteiger partial charge in [-0.25, -0.2) is 4.79 Å². The lowest BCUT2D eigenvalue weighted by atomic mass is 10.2. The van der Waals surface area contributed by atoms with Crippen LogP contribution in [0, 0.1) is 0 Å². The van der Waals surface area contributed by atoms with Crippen molar-refractivity contribution in [2.45, 2.75) is 13.8 Å². The van der Waals surface area contributed by atoms with Crippen molar-refractivity contribution in [3.8, 4) is 0 Å². The zero-order valence-corrected chi connectivity index (χ0v) is 9.36. The van der Waals surface area contributed by atoms with Crippen LogP contribution in [0.4, 0.5) is 5.69 Å². The average Bonchev–Trinajstić information content (AvgIpc) is 2.30. The monoisotopic (exact) mass is 208 g/mol. The maximum Gasteiger partial charge on any atom is 0.339 e. The first-order valence-corrected chi connectivity index (χ1v) is 5.01. The standard InChI is InChI=1S/C11H16N2O2/c1-4-13(5-2)10-6-9(7-12-8-10)11(14)15-3/h6-8H,4-5H2,1-3H3. The van der Waals surface area contributed by atoms with Crippen LogP contribution in [0.3, 0.4) is 0 Å². The molecule has 0 saturated heterocycles. The summed E-state index contributed by atoms with van der Waals surface area (Å²) in [6, 6.07) is 1.80. The van der Waals surface area contributed by atoms with E-state index in [9.17, 15) is 4.79 Å². The molecule has 1 heterocycles. The summed E-state index contributed by atoms with van der Waals surface area (Å²) in [6.07, 6.45) is 3.26. The number of aromatic nitrogens is 1. The van der Waals surface area contributed by atoms with Crippen LogP contribution in [-0.4, -0.2) is 31.2 Å². The highest BCUT2D eigenvalue weighted by Gasteiger charge is 2.08. The molecule has 0 aliphatic carbocycles. The van der Waals surface area contributed by atoms with Gasteiger partial charge in [-0.3, -0.25) is 4.98 Å². The van der Waals surface area contributed by atoms with Crippen molar-refractivity contribution < 1.29 is 9.53 Å². The summed E-state index contributed by atoms with van der Waals surface area (Å²) in [5.41, 5.74) is 1.44. The normalized spacial score (nSPS) is 9.80. The van der Waals surface area contributed by atoms with E-state index in [1.165, 1.54) is 13.3 Å². The first-order valence-electron chi connectivity index (χ1n) is 5.01. The van der Waals surface area contributed by atoms with E-state index < -0.39 is 0 Å². The fourth-order valence-corrected chi connectivity index (χ4v) is 1.42. The molecule has 82 valence electrons. The van der Waals surface area contributed by atoms with E-state index >= 15 is 0 Å². The van der Waals surface area contributed by atoms with Gasteiger partial charge in [0, 0.05) is 19.3 Å². The Bertz CT molecular complexity index is 335. The number of methoxy groups -OCH3 is 1. The van der Waals surface area contributed by atoms with Gasteiger partial charge in [-0.15, -0.1) is 0 Å². The zero-order valence-electron chi connectivity index (χ0n) is 9.36. The van der Waals surface area contributed by atoms with E-state index in [1.54, 1.807) is 12.3 Å². The minimum Gasteiger partial charge on any atom is -0.465 e. The van der Waals surface area contributed by atoms with Gasteiger partial charge in [0.2, 0.25) is 0 Å². The SMILES string of the molecule is CCN(CC)c1cncc(C(=O)OC)c1. The number of pyridine rings is 1. The lowest BCUT2D eigenvalue weighted by Crippen LogP contribution is -2.22. The minimum absolute atomic E-state index is 0.350. The van der Waals surface area contributed by atoms with Crippen LogP contribution in [0.5, 0.6) is 0 Å². The quantitative estimate of drug-likeness (QED) is 0.706.